The van der Waals surface area contributed by atoms with Crippen molar-refractivity contribution >= 4 is 54.5 Å². The number of fused-ring (bicyclic) bond motifs is 2. The van der Waals surface area contributed by atoms with E-state index < -0.39 is 0 Å². The first-order valence-corrected chi connectivity index (χ1v) is 11.3. The largest absolute Gasteiger partial charge is 0.379 e. The van der Waals surface area contributed by atoms with Crippen molar-refractivity contribution in [2.75, 3.05) is 25.1 Å². The summed E-state index contributed by atoms with van der Waals surface area (Å²) in [6, 6.07) is 10.8. The quantitative estimate of drug-likeness (QED) is 0.506. The predicted molar refractivity (Wildman–Crippen MR) is 116 cm³/mol. The van der Waals surface area contributed by atoms with Crippen LogP contribution in [0.5, 0.6) is 0 Å². The molecule has 142 valence electrons. The number of thiophene rings is 1. The molecule has 2 aliphatic rings. The maximum absolute atomic E-state index is 5.75. The van der Waals surface area contributed by atoms with Crippen LogP contribution in [0.4, 0.5) is 11.4 Å². The number of anilines is 2. The van der Waals surface area contributed by atoms with Crippen molar-refractivity contribution in [1.82, 2.24) is 15.3 Å². The Morgan fingerprint density at radius 1 is 1.21 bits per heavy atom. The average Bonchev–Trinajstić information content (AvgIpc) is 3.49. The Hall–Kier alpha value is -2.06. The Morgan fingerprint density at radius 3 is 3.14 bits per heavy atom. The van der Waals surface area contributed by atoms with E-state index in [-0.39, 0.29) is 5.54 Å². The van der Waals surface area contributed by atoms with Gasteiger partial charge in [0.05, 0.1) is 33.6 Å². The maximum Gasteiger partial charge on any atom is 0.125 e. The topological polar surface area (TPSA) is 59.1 Å². The molecule has 0 saturated carbocycles. The fourth-order valence-electron chi connectivity index (χ4n) is 4.60. The number of pyridine rings is 1. The fraction of sp³-hybridized carbons (Fsp3) is 0.333. The van der Waals surface area contributed by atoms with Crippen molar-refractivity contribution in [1.29, 1.82) is 0 Å². The number of nitrogens with zero attached hydrogens (tertiary/aromatic N) is 2. The van der Waals surface area contributed by atoms with Crippen LogP contribution in [0.25, 0.3) is 20.4 Å². The SMILES string of the molecule is c1cc(Nc2ccc3scnc3c2)c2cc([C@H]3CCN[C@]34CCOC4)sc2n1. The van der Waals surface area contributed by atoms with Crippen LogP contribution >= 0.6 is 22.7 Å². The predicted octanol–water partition coefficient (Wildman–Crippen LogP) is 4.89. The van der Waals surface area contributed by atoms with Crippen LogP contribution in [0.2, 0.25) is 0 Å². The molecule has 0 amide bonds. The molecule has 0 bridgehead atoms. The molecule has 2 aliphatic heterocycles. The summed E-state index contributed by atoms with van der Waals surface area (Å²) in [5.41, 5.74) is 5.20. The van der Waals surface area contributed by atoms with Gasteiger partial charge < -0.3 is 15.4 Å². The van der Waals surface area contributed by atoms with Crippen LogP contribution in [0.15, 0.2) is 42.0 Å². The first kappa shape index (κ1) is 16.9. The van der Waals surface area contributed by atoms with Gasteiger partial charge in [-0.3, -0.25) is 0 Å². The summed E-state index contributed by atoms with van der Waals surface area (Å²) in [6.07, 6.45) is 4.16. The zero-order chi connectivity index (χ0) is 18.6. The summed E-state index contributed by atoms with van der Waals surface area (Å²) in [6.45, 7) is 2.74. The number of aromatic nitrogens is 2. The third kappa shape index (κ3) is 2.65. The molecule has 1 aromatic carbocycles. The van der Waals surface area contributed by atoms with E-state index in [0.717, 1.165) is 47.9 Å². The van der Waals surface area contributed by atoms with E-state index in [1.54, 1.807) is 11.3 Å². The highest BCUT2D eigenvalue weighted by Gasteiger charge is 2.46. The van der Waals surface area contributed by atoms with Crippen molar-refractivity contribution in [3.8, 4) is 0 Å². The molecule has 7 heteroatoms. The molecular weight excluding hydrogens is 388 g/mol. The molecule has 0 unspecified atom stereocenters. The van der Waals surface area contributed by atoms with Gasteiger partial charge in [-0.2, -0.15) is 0 Å². The van der Waals surface area contributed by atoms with E-state index in [4.69, 9.17) is 4.74 Å². The normalized spacial score (nSPS) is 24.6. The standard InChI is InChI=1S/C21H20N4OS2/c1-2-18-17(23-12-27-18)9-13(1)25-16-4-6-22-20-14(16)10-19(28-20)15-3-7-24-21(15)5-8-26-11-21/h1-2,4,6,9-10,12,15,24H,3,5,7-8,11H2,(H,22,25)/t15-,21+/m1/s1. The lowest BCUT2D eigenvalue weighted by Crippen LogP contribution is -2.44. The van der Waals surface area contributed by atoms with E-state index in [1.165, 1.54) is 21.4 Å². The number of hydrogen-bond acceptors (Lipinski definition) is 7. The van der Waals surface area contributed by atoms with E-state index in [1.807, 2.05) is 23.0 Å². The van der Waals surface area contributed by atoms with Crippen molar-refractivity contribution in [3.05, 3.63) is 46.9 Å². The summed E-state index contributed by atoms with van der Waals surface area (Å²) in [5, 5.41) is 8.51. The summed E-state index contributed by atoms with van der Waals surface area (Å²) < 4.78 is 6.96. The van der Waals surface area contributed by atoms with Gasteiger partial charge in [0.2, 0.25) is 0 Å². The van der Waals surface area contributed by atoms with Crippen LogP contribution in [0.1, 0.15) is 23.6 Å². The highest BCUT2D eigenvalue weighted by Crippen LogP contribution is 2.45. The van der Waals surface area contributed by atoms with E-state index >= 15 is 0 Å². The Balaban J connectivity index is 1.37. The molecule has 6 rings (SSSR count). The Bertz CT molecular complexity index is 1160. The van der Waals surface area contributed by atoms with Gasteiger partial charge >= 0.3 is 0 Å². The zero-order valence-corrected chi connectivity index (χ0v) is 16.9. The molecular formula is C21H20N4OS2. The molecule has 2 saturated heterocycles. The molecule has 2 fully saturated rings. The second-order valence-electron chi connectivity index (χ2n) is 7.61. The summed E-state index contributed by atoms with van der Waals surface area (Å²) in [4.78, 5) is 11.6. The number of rotatable bonds is 3. The lowest BCUT2D eigenvalue weighted by atomic mass is 9.83. The van der Waals surface area contributed by atoms with Crippen LogP contribution in [0.3, 0.4) is 0 Å². The van der Waals surface area contributed by atoms with E-state index in [0.29, 0.717) is 5.92 Å². The Labute approximate surface area is 170 Å². The molecule has 5 nitrogen and oxygen atoms in total. The van der Waals surface area contributed by atoms with Gasteiger partial charge in [-0.1, -0.05) is 0 Å². The molecule has 3 aromatic heterocycles. The second kappa shape index (κ2) is 6.49. The van der Waals surface area contributed by atoms with Gasteiger partial charge in [0.25, 0.3) is 0 Å². The minimum atomic E-state index is 0.115. The molecule has 0 aliphatic carbocycles. The highest BCUT2D eigenvalue weighted by atomic mass is 32.1. The summed E-state index contributed by atoms with van der Waals surface area (Å²) in [7, 11) is 0. The minimum absolute atomic E-state index is 0.115. The molecule has 1 spiro atoms. The van der Waals surface area contributed by atoms with E-state index in [9.17, 15) is 0 Å². The maximum atomic E-state index is 5.75. The smallest absolute Gasteiger partial charge is 0.125 e. The zero-order valence-electron chi connectivity index (χ0n) is 15.3. The first-order valence-electron chi connectivity index (χ1n) is 9.62. The molecule has 28 heavy (non-hydrogen) atoms. The van der Waals surface area contributed by atoms with Gasteiger partial charge in [0.1, 0.15) is 4.83 Å². The number of thiazole rings is 1. The second-order valence-corrected chi connectivity index (χ2v) is 9.56. The Kier molecular flexibility index (Phi) is 3.91. The highest BCUT2D eigenvalue weighted by molar-refractivity contribution is 7.18. The van der Waals surface area contributed by atoms with E-state index in [2.05, 4.69) is 50.9 Å². The number of benzene rings is 1. The summed E-state index contributed by atoms with van der Waals surface area (Å²) >= 11 is 3.49. The van der Waals surface area contributed by atoms with Gasteiger partial charge in [-0.25, -0.2) is 9.97 Å². The molecule has 2 N–H and O–H groups in total. The van der Waals surface area contributed by atoms with Crippen LogP contribution in [-0.2, 0) is 4.74 Å². The van der Waals surface area contributed by atoms with Gasteiger partial charge in [-0.15, -0.1) is 22.7 Å². The monoisotopic (exact) mass is 408 g/mol. The third-order valence-corrected chi connectivity index (χ3v) is 8.00. The summed E-state index contributed by atoms with van der Waals surface area (Å²) in [5.74, 6) is 0.508. The fourth-order valence-corrected chi connectivity index (χ4v) is 6.54. The van der Waals surface area contributed by atoms with Crippen LogP contribution in [0, 0.1) is 0 Å². The molecule has 0 radical (unpaired) electrons. The lowest BCUT2D eigenvalue weighted by molar-refractivity contribution is 0.168. The van der Waals surface area contributed by atoms with Gasteiger partial charge in [0.15, 0.2) is 0 Å². The first-order chi connectivity index (χ1) is 13.8. The Morgan fingerprint density at radius 2 is 2.21 bits per heavy atom. The van der Waals surface area contributed by atoms with Crippen LogP contribution < -0.4 is 10.6 Å². The van der Waals surface area contributed by atoms with Crippen molar-refractivity contribution in [3.63, 3.8) is 0 Å². The van der Waals surface area contributed by atoms with Crippen molar-refractivity contribution in [2.45, 2.75) is 24.3 Å². The molecule has 4 aromatic rings. The van der Waals surface area contributed by atoms with Crippen molar-refractivity contribution < 1.29 is 4.74 Å². The molecule has 2 atom stereocenters. The number of hydrogen-bond donors (Lipinski definition) is 2. The third-order valence-electron chi connectivity index (χ3n) is 6.04. The average molecular weight is 409 g/mol. The number of nitrogens with one attached hydrogen (secondary N) is 2. The number of ether oxygens (including phenoxy) is 1. The van der Waals surface area contributed by atoms with Gasteiger partial charge in [0, 0.05) is 34.7 Å². The lowest BCUT2D eigenvalue weighted by Gasteiger charge is -2.28. The van der Waals surface area contributed by atoms with Crippen LogP contribution in [-0.4, -0.2) is 35.3 Å². The minimum Gasteiger partial charge on any atom is -0.379 e. The van der Waals surface area contributed by atoms with Crippen molar-refractivity contribution in [2.24, 2.45) is 0 Å². The molecule has 5 heterocycles. The van der Waals surface area contributed by atoms with Gasteiger partial charge in [-0.05, 0) is 49.7 Å².